The molecule has 0 radical (unpaired) electrons. The second-order valence-corrected chi connectivity index (χ2v) is 16.0. The van der Waals surface area contributed by atoms with Crippen LogP contribution < -0.4 is 5.32 Å². The Morgan fingerprint density at radius 1 is 0.472 bits per heavy atom. The van der Waals surface area contributed by atoms with Crippen LogP contribution in [0.4, 0.5) is 0 Å². The van der Waals surface area contributed by atoms with E-state index < -0.39 is 24.2 Å². The Morgan fingerprint density at radius 3 is 1.19 bits per heavy atom. The van der Waals surface area contributed by atoms with Crippen molar-refractivity contribution in [3.63, 3.8) is 0 Å². The summed E-state index contributed by atoms with van der Waals surface area (Å²) in [6, 6.07) is -0.798. The van der Waals surface area contributed by atoms with E-state index in [0.29, 0.717) is 6.42 Å². The van der Waals surface area contributed by atoms with Crippen molar-refractivity contribution in [2.24, 2.45) is 0 Å². The molecule has 3 atom stereocenters. The molecule has 0 aliphatic rings. The molecule has 3 unspecified atom stereocenters. The Morgan fingerprint density at radius 2 is 0.811 bits per heavy atom. The summed E-state index contributed by atoms with van der Waals surface area (Å²) in [4.78, 5) is 12.5. The van der Waals surface area contributed by atoms with Crippen molar-refractivity contribution in [3.8, 4) is 0 Å². The molecule has 312 valence electrons. The van der Waals surface area contributed by atoms with E-state index in [2.05, 4.69) is 43.5 Å². The molecule has 4 N–H and O–H groups in total. The first-order valence-electron chi connectivity index (χ1n) is 23.3. The van der Waals surface area contributed by atoms with Gasteiger partial charge in [0.15, 0.2) is 0 Å². The molecule has 0 aliphatic heterocycles. The minimum atomic E-state index is -1.10. The first-order chi connectivity index (χ1) is 26.1. The average Bonchev–Trinajstić information content (AvgIpc) is 3.16. The van der Waals surface area contributed by atoms with Crippen molar-refractivity contribution in [1.29, 1.82) is 0 Å². The zero-order chi connectivity index (χ0) is 38.7. The van der Waals surface area contributed by atoms with Gasteiger partial charge in [-0.3, -0.25) is 4.79 Å². The van der Waals surface area contributed by atoms with Gasteiger partial charge in [0.2, 0.25) is 5.91 Å². The quantitative estimate of drug-likeness (QED) is 0.0370. The van der Waals surface area contributed by atoms with Crippen molar-refractivity contribution in [2.75, 3.05) is 6.61 Å². The Balaban J connectivity index is 3.62. The lowest BCUT2D eigenvalue weighted by Crippen LogP contribution is -2.48. The third-order valence-electron chi connectivity index (χ3n) is 10.7. The van der Waals surface area contributed by atoms with Gasteiger partial charge in [-0.1, -0.05) is 224 Å². The summed E-state index contributed by atoms with van der Waals surface area (Å²) in [7, 11) is 0. The van der Waals surface area contributed by atoms with Crippen LogP contribution in [0, 0.1) is 0 Å². The molecule has 0 saturated heterocycles. The minimum absolute atomic E-state index is 0.364. The van der Waals surface area contributed by atoms with Crippen LogP contribution in [0.5, 0.6) is 0 Å². The van der Waals surface area contributed by atoms with Crippen LogP contribution in [0.3, 0.4) is 0 Å². The van der Waals surface area contributed by atoms with Crippen LogP contribution in [0.25, 0.3) is 0 Å². The number of aliphatic hydroxyl groups excluding tert-OH is 3. The van der Waals surface area contributed by atoms with Gasteiger partial charge in [0, 0.05) is 0 Å². The number of rotatable bonds is 42. The lowest BCUT2D eigenvalue weighted by molar-refractivity contribution is -0.131. The van der Waals surface area contributed by atoms with Crippen molar-refractivity contribution in [2.45, 2.75) is 257 Å². The lowest BCUT2D eigenvalue weighted by atomic mass is 10.0. The van der Waals surface area contributed by atoms with E-state index in [1.807, 2.05) is 6.08 Å². The van der Waals surface area contributed by atoms with Crippen LogP contribution >= 0.6 is 0 Å². The molecule has 5 heteroatoms. The summed E-state index contributed by atoms with van der Waals surface area (Å²) in [6.45, 7) is 4.18. The van der Waals surface area contributed by atoms with Crippen molar-refractivity contribution < 1.29 is 20.1 Å². The molecular formula is C48H91NO4. The molecule has 0 rings (SSSR count). The van der Waals surface area contributed by atoms with E-state index >= 15 is 0 Å². The predicted octanol–water partition coefficient (Wildman–Crippen LogP) is 13.5. The normalized spacial score (nSPS) is 13.8. The molecule has 0 aromatic heterocycles. The molecule has 1 amide bonds. The van der Waals surface area contributed by atoms with E-state index in [-0.39, 0.29) is 6.61 Å². The van der Waals surface area contributed by atoms with E-state index in [9.17, 15) is 20.1 Å². The summed E-state index contributed by atoms with van der Waals surface area (Å²) < 4.78 is 0. The summed E-state index contributed by atoms with van der Waals surface area (Å²) in [5.41, 5.74) is 0. The summed E-state index contributed by atoms with van der Waals surface area (Å²) in [5, 5.41) is 33.1. The highest BCUT2D eigenvalue weighted by molar-refractivity contribution is 5.80. The van der Waals surface area contributed by atoms with Gasteiger partial charge in [-0.25, -0.2) is 0 Å². The second-order valence-electron chi connectivity index (χ2n) is 16.0. The maximum atomic E-state index is 12.5. The number of amides is 1. The van der Waals surface area contributed by atoms with Gasteiger partial charge in [-0.05, 0) is 51.4 Å². The smallest absolute Gasteiger partial charge is 0.249 e. The molecule has 0 aromatic rings. The van der Waals surface area contributed by atoms with Crippen molar-refractivity contribution >= 4 is 5.91 Å². The topological polar surface area (TPSA) is 89.8 Å². The standard InChI is InChI=1S/C48H91NO4/c1-3-5-7-9-11-13-15-17-18-19-20-21-22-23-24-25-26-27-28-29-31-33-35-37-39-41-43-47(52)48(53)49-45(44-50)46(51)42-40-38-36-34-32-30-16-14-12-10-8-6-4-2/h20-21,23-24,40,42,45-47,50-52H,3-19,22,25-39,41,43-44H2,1-2H3,(H,49,53)/b21-20-,24-23-,42-40+. The van der Waals surface area contributed by atoms with E-state index in [1.165, 1.54) is 180 Å². The van der Waals surface area contributed by atoms with E-state index in [4.69, 9.17) is 0 Å². The molecule has 0 bridgehead atoms. The molecule has 0 aliphatic carbocycles. The predicted molar refractivity (Wildman–Crippen MR) is 231 cm³/mol. The van der Waals surface area contributed by atoms with Gasteiger partial charge in [0.05, 0.1) is 18.8 Å². The third-order valence-corrected chi connectivity index (χ3v) is 10.7. The molecule has 0 heterocycles. The highest BCUT2D eigenvalue weighted by Crippen LogP contribution is 2.15. The van der Waals surface area contributed by atoms with Crippen LogP contribution in [0.2, 0.25) is 0 Å². The number of allylic oxidation sites excluding steroid dienone is 5. The van der Waals surface area contributed by atoms with Gasteiger partial charge in [-0.2, -0.15) is 0 Å². The first kappa shape index (κ1) is 51.6. The van der Waals surface area contributed by atoms with Gasteiger partial charge in [-0.15, -0.1) is 0 Å². The molecule has 53 heavy (non-hydrogen) atoms. The number of unbranched alkanes of at least 4 members (excludes halogenated alkanes) is 30. The summed E-state index contributed by atoms with van der Waals surface area (Å²) in [6.07, 6.45) is 54.7. The fourth-order valence-electron chi connectivity index (χ4n) is 7.04. The zero-order valence-corrected chi connectivity index (χ0v) is 35.4. The fraction of sp³-hybridized carbons (Fsp3) is 0.854. The van der Waals surface area contributed by atoms with E-state index in [0.717, 1.165) is 38.5 Å². The molecule has 0 spiro atoms. The average molecular weight is 746 g/mol. The van der Waals surface area contributed by atoms with Gasteiger partial charge < -0.3 is 20.6 Å². The number of aliphatic hydroxyl groups is 3. The van der Waals surface area contributed by atoms with Crippen molar-refractivity contribution in [1.82, 2.24) is 5.32 Å². The number of carbonyl (C=O) groups excluding carboxylic acids is 1. The van der Waals surface area contributed by atoms with Gasteiger partial charge >= 0.3 is 0 Å². The maximum absolute atomic E-state index is 12.5. The molecule has 0 fully saturated rings. The maximum Gasteiger partial charge on any atom is 0.249 e. The first-order valence-corrected chi connectivity index (χ1v) is 23.3. The number of nitrogens with one attached hydrogen (secondary N) is 1. The van der Waals surface area contributed by atoms with Crippen LogP contribution in [0.1, 0.15) is 239 Å². The third kappa shape index (κ3) is 38.6. The van der Waals surface area contributed by atoms with Crippen LogP contribution in [-0.2, 0) is 4.79 Å². The van der Waals surface area contributed by atoms with Gasteiger partial charge in [0.1, 0.15) is 6.10 Å². The van der Waals surface area contributed by atoms with E-state index in [1.54, 1.807) is 6.08 Å². The molecular weight excluding hydrogens is 655 g/mol. The van der Waals surface area contributed by atoms with Crippen molar-refractivity contribution in [3.05, 3.63) is 36.5 Å². The summed E-state index contributed by atoms with van der Waals surface area (Å²) in [5.74, 6) is -0.506. The Labute approximate surface area is 330 Å². The molecule has 0 aromatic carbocycles. The highest BCUT2D eigenvalue weighted by atomic mass is 16.3. The molecule has 0 saturated carbocycles. The number of carbonyl (C=O) groups is 1. The highest BCUT2D eigenvalue weighted by Gasteiger charge is 2.22. The number of hydrogen-bond donors (Lipinski definition) is 4. The fourth-order valence-corrected chi connectivity index (χ4v) is 7.04. The zero-order valence-electron chi connectivity index (χ0n) is 35.4. The Kier molecular flexibility index (Phi) is 42.1. The summed E-state index contributed by atoms with van der Waals surface area (Å²) >= 11 is 0. The van der Waals surface area contributed by atoms with Crippen LogP contribution in [0.15, 0.2) is 36.5 Å². The van der Waals surface area contributed by atoms with Gasteiger partial charge in [0.25, 0.3) is 0 Å². The largest absolute Gasteiger partial charge is 0.394 e. The second kappa shape index (κ2) is 43.3. The monoisotopic (exact) mass is 746 g/mol. The van der Waals surface area contributed by atoms with Crippen LogP contribution in [-0.4, -0.2) is 46.1 Å². The number of hydrogen-bond acceptors (Lipinski definition) is 4. The Hall–Kier alpha value is -1.43. The minimum Gasteiger partial charge on any atom is -0.394 e. The Bertz CT molecular complexity index is 824. The lowest BCUT2D eigenvalue weighted by Gasteiger charge is -2.21. The molecule has 5 nitrogen and oxygen atoms in total. The SMILES string of the molecule is CCCCCCCCCCC/C=C\C/C=C\CCCCCCCCCCCCC(O)C(=O)NC(CO)C(O)/C=C/CCCCCCCCCCCCC.